The maximum Gasteiger partial charge on any atom is 0.317 e. The van der Waals surface area contributed by atoms with Crippen LogP contribution >= 0.6 is 0 Å². The number of likely N-dealkylation sites (N-methyl/N-ethyl adjacent to an activating group) is 1. The Labute approximate surface area is 111 Å². The third-order valence-electron chi connectivity index (χ3n) is 4.77. The normalized spacial score (nSPS) is 31.4. The van der Waals surface area contributed by atoms with Crippen LogP contribution in [0.2, 0.25) is 0 Å². The number of nitrogens with one attached hydrogen (secondary N) is 1. The van der Waals surface area contributed by atoms with E-state index in [1.54, 1.807) is 0 Å². The van der Waals surface area contributed by atoms with Crippen LogP contribution in [0, 0.1) is 0 Å². The number of hydrogen-bond acceptors (Lipinski definition) is 2. The van der Waals surface area contributed by atoms with Gasteiger partial charge in [-0.15, -0.1) is 0 Å². The van der Waals surface area contributed by atoms with E-state index >= 15 is 0 Å². The van der Waals surface area contributed by atoms with Crippen molar-refractivity contribution in [2.75, 3.05) is 20.1 Å². The third kappa shape index (κ3) is 2.97. The van der Waals surface area contributed by atoms with E-state index in [9.17, 15) is 4.79 Å². The van der Waals surface area contributed by atoms with Crippen molar-refractivity contribution < 1.29 is 4.79 Å². The number of amides is 2. The molecule has 4 nitrogen and oxygen atoms in total. The SMILES string of the molecule is CC1C(C)N(C(=O)NC2CCCCC2)CCN1C. The fraction of sp³-hybridized carbons (Fsp3) is 0.929. The summed E-state index contributed by atoms with van der Waals surface area (Å²) in [5.74, 6) is 0. The first-order valence-electron chi connectivity index (χ1n) is 7.37. The molecule has 1 N–H and O–H groups in total. The van der Waals surface area contributed by atoms with Crippen molar-refractivity contribution in [1.82, 2.24) is 15.1 Å². The summed E-state index contributed by atoms with van der Waals surface area (Å²) in [6.45, 7) is 6.18. The Hall–Kier alpha value is -0.770. The molecular weight excluding hydrogens is 226 g/mol. The molecule has 1 saturated carbocycles. The van der Waals surface area contributed by atoms with Crippen molar-refractivity contribution in [3.05, 3.63) is 0 Å². The highest BCUT2D eigenvalue weighted by molar-refractivity contribution is 5.75. The largest absolute Gasteiger partial charge is 0.335 e. The molecule has 4 heteroatoms. The van der Waals surface area contributed by atoms with Gasteiger partial charge in [0.2, 0.25) is 0 Å². The zero-order valence-electron chi connectivity index (χ0n) is 12.0. The molecule has 0 bridgehead atoms. The second-order valence-corrected chi connectivity index (χ2v) is 5.94. The fourth-order valence-electron chi connectivity index (χ4n) is 3.09. The minimum Gasteiger partial charge on any atom is -0.335 e. The first-order valence-corrected chi connectivity index (χ1v) is 7.37. The average Bonchev–Trinajstić information content (AvgIpc) is 2.37. The first kappa shape index (κ1) is 13.7. The molecule has 0 spiro atoms. The van der Waals surface area contributed by atoms with E-state index in [4.69, 9.17) is 0 Å². The zero-order valence-corrected chi connectivity index (χ0v) is 12.0. The number of piperazine rings is 1. The van der Waals surface area contributed by atoms with Crippen LogP contribution in [0.3, 0.4) is 0 Å². The molecule has 104 valence electrons. The molecule has 0 radical (unpaired) electrons. The Morgan fingerprint density at radius 1 is 1.06 bits per heavy atom. The van der Waals surface area contributed by atoms with Gasteiger partial charge in [0.25, 0.3) is 0 Å². The van der Waals surface area contributed by atoms with E-state index in [-0.39, 0.29) is 6.03 Å². The molecule has 1 aliphatic carbocycles. The Kier molecular flexibility index (Phi) is 4.49. The number of hydrogen-bond donors (Lipinski definition) is 1. The van der Waals surface area contributed by atoms with E-state index in [2.05, 4.69) is 31.1 Å². The average molecular weight is 253 g/mol. The molecule has 0 aromatic carbocycles. The maximum absolute atomic E-state index is 12.3. The fourth-order valence-corrected chi connectivity index (χ4v) is 3.09. The minimum atomic E-state index is 0.148. The summed E-state index contributed by atoms with van der Waals surface area (Å²) >= 11 is 0. The quantitative estimate of drug-likeness (QED) is 0.776. The number of nitrogens with zero attached hydrogens (tertiary/aromatic N) is 2. The van der Waals surface area contributed by atoms with Crippen LogP contribution < -0.4 is 5.32 Å². The topological polar surface area (TPSA) is 35.6 Å². The van der Waals surface area contributed by atoms with E-state index in [1.807, 2.05) is 4.90 Å². The lowest BCUT2D eigenvalue weighted by atomic mass is 9.95. The van der Waals surface area contributed by atoms with Crippen molar-refractivity contribution in [3.8, 4) is 0 Å². The monoisotopic (exact) mass is 253 g/mol. The maximum atomic E-state index is 12.3. The van der Waals surface area contributed by atoms with Crippen LogP contribution in [0.1, 0.15) is 46.0 Å². The second-order valence-electron chi connectivity index (χ2n) is 5.94. The summed E-state index contributed by atoms with van der Waals surface area (Å²) in [4.78, 5) is 16.7. The van der Waals surface area contributed by atoms with Gasteiger partial charge in [0.05, 0.1) is 0 Å². The lowest BCUT2D eigenvalue weighted by molar-refractivity contribution is 0.0721. The molecule has 0 aromatic rings. The van der Waals surface area contributed by atoms with Crippen LogP contribution in [0.15, 0.2) is 0 Å². The van der Waals surface area contributed by atoms with Gasteiger partial charge in [0.1, 0.15) is 0 Å². The van der Waals surface area contributed by atoms with Gasteiger partial charge in [0, 0.05) is 31.2 Å². The van der Waals surface area contributed by atoms with E-state index < -0.39 is 0 Å². The van der Waals surface area contributed by atoms with Crippen molar-refractivity contribution in [2.45, 2.75) is 64.1 Å². The smallest absolute Gasteiger partial charge is 0.317 e. The Morgan fingerprint density at radius 2 is 1.72 bits per heavy atom. The van der Waals surface area contributed by atoms with Gasteiger partial charge in [0.15, 0.2) is 0 Å². The van der Waals surface area contributed by atoms with Crippen LogP contribution in [-0.4, -0.2) is 54.1 Å². The number of urea groups is 1. The van der Waals surface area contributed by atoms with Crippen molar-refractivity contribution in [3.63, 3.8) is 0 Å². The lowest BCUT2D eigenvalue weighted by Crippen LogP contribution is -2.60. The second kappa shape index (κ2) is 5.91. The number of carbonyl (C=O) groups excluding carboxylic acids is 1. The Morgan fingerprint density at radius 3 is 2.39 bits per heavy atom. The van der Waals surface area contributed by atoms with Gasteiger partial charge in [-0.2, -0.15) is 0 Å². The predicted octanol–water partition coefficient (Wildman–Crippen LogP) is 2.05. The molecule has 2 unspecified atom stereocenters. The molecule has 2 rings (SSSR count). The molecule has 1 saturated heterocycles. The molecule has 2 atom stereocenters. The predicted molar refractivity (Wildman–Crippen MR) is 73.7 cm³/mol. The standard InChI is InChI=1S/C14H27N3O/c1-11-12(2)17(10-9-16(11)3)14(18)15-13-7-5-4-6-8-13/h11-13H,4-10H2,1-3H3,(H,15,18). The molecule has 0 aromatic heterocycles. The van der Waals surface area contributed by atoms with Gasteiger partial charge in [-0.25, -0.2) is 4.79 Å². The molecule has 1 heterocycles. The van der Waals surface area contributed by atoms with Gasteiger partial charge < -0.3 is 10.2 Å². The highest BCUT2D eigenvalue weighted by Crippen LogP contribution is 2.19. The summed E-state index contributed by atoms with van der Waals surface area (Å²) in [6, 6.07) is 1.30. The number of carbonyl (C=O) groups is 1. The summed E-state index contributed by atoms with van der Waals surface area (Å²) in [7, 11) is 2.14. The third-order valence-corrected chi connectivity index (χ3v) is 4.77. The Balaban J connectivity index is 1.88. The molecular formula is C14H27N3O. The van der Waals surface area contributed by atoms with Gasteiger partial charge in [-0.05, 0) is 33.7 Å². The summed E-state index contributed by atoms with van der Waals surface area (Å²) < 4.78 is 0. The van der Waals surface area contributed by atoms with Gasteiger partial charge in [-0.3, -0.25) is 4.90 Å². The van der Waals surface area contributed by atoms with Crippen molar-refractivity contribution in [1.29, 1.82) is 0 Å². The van der Waals surface area contributed by atoms with E-state index in [0.29, 0.717) is 18.1 Å². The number of rotatable bonds is 1. The van der Waals surface area contributed by atoms with Gasteiger partial charge in [-0.1, -0.05) is 19.3 Å². The zero-order chi connectivity index (χ0) is 13.1. The van der Waals surface area contributed by atoms with Crippen LogP contribution in [-0.2, 0) is 0 Å². The van der Waals surface area contributed by atoms with Crippen molar-refractivity contribution in [2.24, 2.45) is 0 Å². The summed E-state index contributed by atoms with van der Waals surface area (Å²) in [5.41, 5.74) is 0. The van der Waals surface area contributed by atoms with Crippen LogP contribution in [0.4, 0.5) is 4.79 Å². The summed E-state index contributed by atoms with van der Waals surface area (Å²) in [6.07, 6.45) is 6.17. The summed E-state index contributed by atoms with van der Waals surface area (Å²) in [5, 5.41) is 3.22. The first-order chi connectivity index (χ1) is 8.59. The molecule has 2 fully saturated rings. The van der Waals surface area contributed by atoms with E-state index in [0.717, 1.165) is 25.9 Å². The highest BCUT2D eigenvalue weighted by atomic mass is 16.2. The van der Waals surface area contributed by atoms with Crippen molar-refractivity contribution >= 4 is 6.03 Å². The lowest BCUT2D eigenvalue weighted by Gasteiger charge is -2.43. The van der Waals surface area contributed by atoms with Gasteiger partial charge >= 0.3 is 6.03 Å². The highest BCUT2D eigenvalue weighted by Gasteiger charge is 2.32. The molecule has 18 heavy (non-hydrogen) atoms. The molecule has 2 amide bonds. The van der Waals surface area contributed by atoms with Crippen LogP contribution in [0.25, 0.3) is 0 Å². The molecule has 2 aliphatic rings. The van der Waals surface area contributed by atoms with Crippen LogP contribution in [0.5, 0.6) is 0 Å². The Bertz CT molecular complexity index is 289. The molecule has 1 aliphatic heterocycles. The minimum absolute atomic E-state index is 0.148. The van der Waals surface area contributed by atoms with E-state index in [1.165, 1.54) is 19.3 Å².